The number of rotatable bonds is 6. The molecule has 2 fully saturated rings. The van der Waals surface area contributed by atoms with Gasteiger partial charge in [0.2, 0.25) is 0 Å². The van der Waals surface area contributed by atoms with Crippen LogP contribution in [-0.2, 0) is 23.7 Å². The Morgan fingerprint density at radius 3 is 1.83 bits per heavy atom. The number of allylic oxidation sites excluding steroid dienone is 1. The molecule has 0 spiro atoms. The SMILES string of the molecule is C/C=C(\C)C(=O)OC[C@H]1O[C@@H](O[C@H]2O[C@@H](CO)[C@@H](O)[C@@H](O)[C@H]2O)[C@@H](O)[C@@H](O)[C@@H]1O. The second-order valence-electron chi connectivity index (χ2n) is 6.92. The molecule has 0 aromatic carbocycles. The fourth-order valence-electron chi connectivity index (χ4n) is 2.87. The predicted octanol–water partition coefficient (Wildman–Crippen LogP) is -3.88. The molecule has 2 rings (SSSR count). The molecule has 2 saturated heterocycles. The van der Waals surface area contributed by atoms with Crippen molar-refractivity contribution in [3.8, 4) is 0 Å². The summed E-state index contributed by atoms with van der Waals surface area (Å²) in [7, 11) is 0. The van der Waals surface area contributed by atoms with Crippen molar-refractivity contribution in [2.45, 2.75) is 75.3 Å². The molecule has 12 nitrogen and oxygen atoms in total. The minimum absolute atomic E-state index is 0.310. The van der Waals surface area contributed by atoms with Crippen LogP contribution in [0.15, 0.2) is 11.6 Å². The topological polar surface area (TPSA) is 196 Å². The maximum atomic E-state index is 11.7. The summed E-state index contributed by atoms with van der Waals surface area (Å²) in [4.78, 5) is 11.7. The van der Waals surface area contributed by atoms with Gasteiger partial charge in [0, 0.05) is 5.57 Å². The van der Waals surface area contributed by atoms with Crippen LogP contribution in [0.2, 0.25) is 0 Å². The van der Waals surface area contributed by atoms with Crippen molar-refractivity contribution in [3.63, 3.8) is 0 Å². The zero-order valence-corrected chi connectivity index (χ0v) is 15.9. The maximum absolute atomic E-state index is 11.7. The normalized spacial score (nSPS) is 43.8. The van der Waals surface area contributed by atoms with Gasteiger partial charge < -0.3 is 54.7 Å². The third-order valence-corrected chi connectivity index (χ3v) is 4.92. The molecule has 7 N–H and O–H groups in total. The summed E-state index contributed by atoms with van der Waals surface area (Å²) < 4.78 is 20.8. The molecule has 0 aliphatic carbocycles. The highest BCUT2D eigenvalue weighted by molar-refractivity contribution is 5.87. The van der Waals surface area contributed by atoms with Gasteiger partial charge in [-0.1, -0.05) is 6.08 Å². The van der Waals surface area contributed by atoms with Crippen molar-refractivity contribution in [2.75, 3.05) is 13.2 Å². The van der Waals surface area contributed by atoms with E-state index in [4.69, 9.17) is 18.9 Å². The number of aliphatic hydroxyl groups excluding tert-OH is 7. The first-order valence-corrected chi connectivity index (χ1v) is 9.08. The Bertz CT molecular complexity index is 581. The zero-order valence-electron chi connectivity index (χ0n) is 15.9. The largest absolute Gasteiger partial charge is 0.459 e. The third-order valence-electron chi connectivity index (χ3n) is 4.92. The fourth-order valence-corrected chi connectivity index (χ4v) is 2.87. The summed E-state index contributed by atoms with van der Waals surface area (Å²) in [5, 5.41) is 69.0. The van der Waals surface area contributed by atoms with E-state index >= 15 is 0 Å². The molecule has 168 valence electrons. The lowest BCUT2D eigenvalue weighted by atomic mass is 9.98. The van der Waals surface area contributed by atoms with Crippen LogP contribution in [0, 0.1) is 0 Å². The molecule has 0 radical (unpaired) electrons. The van der Waals surface area contributed by atoms with E-state index in [1.165, 1.54) is 13.0 Å². The van der Waals surface area contributed by atoms with E-state index in [0.29, 0.717) is 5.57 Å². The summed E-state index contributed by atoms with van der Waals surface area (Å²) in [6, 6.07) is 0. The van der Waals surface area contributed by atoms with Gasteiger partial charge in [0.05, 0.1) is 6.61 Å². The number of hydrogen-bond donors (Lipinski definition) is 7. The monoisotopic (exact) mass is 424 g/mol. The molecule has 0 amide bonds. The molecular weight excluding hydrogens is 396 g/mol. The van der Waals surface area contributed by atoms with Gasteiger partial charge in [0.1, 0.15) is 55.4 Å². The van der Waals surface area contributed by atoms with Crippen LogP contribution < -0.4 is 0 Å². The Labute approximate surface area is 166 Å². The fraction of sp³-hybridized carbons (Fsp3) is 0.824. The van der Waals surface area contributed by atoms with Crippen molar-refractivity contribution in [2.24, 2.45) is 0 Å². The van der Waals surface area contributed by atoms with E-state index in [1.807, 2.05) is 0 Å². The molecule has 0 saturated carbocycles. The quantitative estimate of drug-likeness (QED) is 0.162. The number of ether oxygens (including phenoxy) is 4. The van der Waals surface area contributed by atoms with Crippen molar-refractivity contribution in [1.29, 1.82) is 0 Å². The summed E-state index contributed by atoms with van der Waals surface area (Å²) in [6.45, 7) is 1.99. The minimum atomic E-state index is -1.78. The third kappa shape index (κ3) is 5.30. The van der Waals surface area contributed by atoms with Gasteiger partial charge in [-0.25, -0.2) is 4.79 Å². The van der Waals surface area contributed by atoms with Gasteiger partial charge in [-0.3, -0.25) is 0 Å². The molecule has 10 atom stereocenters. The van der Waals surface area contributed by atoms with Crippen LogP contribution >= 0.6 is 0 Å². The van der Waals surface area contributed by atoms with Crippen LogP contribution in [0.1, 0.15) is 13.8 Å². The molecule has 2 heterocycles. The number of carbonyl (C=O) groups excluding carboxylic acids is 1. The van der Waals surface area contributed by atoms with Crippen LogP contribution in [0.25, 0.3) is 0 Å². The highest BCUT2D eigenvalue weighted by Crippen LogP contribution is 2.28. The summed E-state index contributed by atoms with van der Waals surface area (Å²) in [5.41, 5.74) is 0.310. The van der Waals surface area contributed by atoms with Crippen LogP contribution in [0.4, 0.5) is 0 Å². The van der Waals surface area contributed by atoms with Gasteiger partial charge in [-0.2, -0.15) is 0 Å². The first-order chi connectivity index (χ1) is 13.6. The molecule has 2 aliphatic rings. The molecular formula is C17H28O12. The van der Waals surface area contributed by atoms with Crippen molar-refractivity contribution < 1.29 is 59.5 Å². The van der Waals surface area contributed by atoms with Gasteiger partial charge in [0.15, 0.2) is 12.6 Å². The standard InChI is InChI=1S/C17H28O12/c1-3-6(2)15(25)26-5-8-10(20)12(22)14(24)17(28-8)29-16-13(23)11(21)9(19)7(4-18)27-16/h3,7-14,16-24H,4-5H2,1-2H3/b6-3+/t7-,8+,9+,10+,11+,12-,13+,14-,16+,17-/m0/s1. The van der Waals surface area contributed by atoms with Gasteiger partial charge in [-0.15, -0.1) is 0 Å². The lowest BCUT2D eigenvalue weighted by Crippen LogP contribution is -2.63. The second-order valence-corrected chi connectivity index (χ2v) is 6.92. The Morgan fingerprint density at radius 2 is 1.34 bits per heavy atom. The van der Waals surface area contributed by atoms with Gasteiger partial charge >= 0.3 is 5.97 Å². The highest BCUT2D eigenvalue weighted by atomic mass is 16.8. The van der Waals surface area contributed by atoms with Crippen LogP contribution in [0.3, 0.4) is 0 Å². The van der Waals surface area contributed by atoms with Crippen molar-refractivity contribution in [3.05, 3.63) is 11.6 Å². The van der Waals surface area contributed by atoms with E-state index in [9.17, 15) is 40.5 Å². The van der Waals surface area contributed by atoms with Crippen LogP contribution in [-0.4, -0.2) is 116 Å². The lowest BCUT2D eigenvalue weighted by molar-refractivity contribution is -0.376. The molecule has 0 unspecified atom stereocenters. The smallest absolute Gasteiger partial charge is 0.333 e. The Morgan fingerprint density at radius 1 is 0.862 bits per heavy atom. The molecule has 29 heavy (non-hydrogen) atoms. The van der Waals surface area contributed by atoms with E-state index < -0.39 is 80.6 Å². The first-order valence-electron chi connectivity index (χ1n) is 9.08. The van der Waals surface area contributed by atoms with Gasteiger partial charge in [-0.05, 0) is 13.8 Å². The molecule has 2 aliphatic heterocycles. The van der Waals surface area contributed by atoms with Gasteiger partial charge in [0.25, 0.3) is 0 Å². The summed E-state index contributed by atoms with van der Waals surface area (Å²) in [5.74, 6) is -0.671. The predicted molar refractivity (Wildman–Crippen MR) is 91.9 cm³/mol. The Hall–Kier alpha value is -1.19. The second kappa shape index (κ2) is 10.2. The van der Waals surface area contributed by atoms with E-state index in [2.05, 4.69) is 0 Å². The van der Waals surface area contributed by atoms with Crippen molar-refractivity contribution >= 4 is 5.97 Å². The number of esters is 1. The summed E-state index contributed by atoms with van der Waals surface area (Å²) in [6.07, 6.45) is -14.5. The molecule has 0 aromatic heterocycles. The molecule has 12 heteroatoms. The number of carbonyl (C=O) groups is 1. The average molecular weight is 424 g/mol. The first kappa shape index (κ1) is 24.1. The maximum Gasteiger partial charge on any atom is 0.333 e. The van der Waals surface area contributed by atoms with E-state index in [0.717, 1.165) is 0 Å². The zero-order chi connectivity index (χ0) is 21.9. The Kier molecular flexibility index (Phi) is 8.48. The number of aliphatic hydroxyl groups is 7. The number of hydrogen-bond acceptors (Lipinski definition) is 12. The van der Waals surface area contributed by atoms with E-state index in [-0.39, 0.29) is 0 Å². The lowest BCUT2D eigenvalue weighted by Gasteiger charge is -2.44. The molecule has 0 aromatic rings. The van der Waals surface area contributed by atoms with E-state index in [1.54, 1.807) is 6.92 Å². The Balaban J connectivity index is 2.06. The van der Waals surface area contributed by atoms with Crippen molar-refractivity contribution in [1.82, 2.24) is 0 Å². The highest BCUT2D eigenvalue weighted by Gasteiger charge is 2.49. The average Bonchev–Trinajstić information content (AvgIpc) is 2.72. The summed E-state index contributed by atoms with van der Waals surface area (Å²) >= 11 is 0. The molecule has 0 bridgehead atoms. The van der Waals surface area contributed by atoms with Crippen LogP contribution in [0.5, 0.6) is 0 Å². The minimum Gasteiger partial charge on any atom is -0.459 e.